The van der Waals surface area contributed by atoms with Crippen molar-refractivity contribution in [1.82, 2.24) is 0 Å². The molecule has 1 amide bonds. The van der Waals surface area contributed by atoms with E-state index >= 15 is 0 Å². The lowest BCUT2D eigenvalue weighted by molar-refractivity contribution is -0.116. The second-order valence-electron chi connectivity index (χ2n) is 4.95. The zero-order valence-electron chi connectivity index (χ0n) is 12.0. The molecule has 0 unspecified atom stereocenters. The van der Waals surface area contributed by atoms with Crippen molar-refractivity contribution in [1.29, 1.82) is 0 Å². The summed E-state index contributed by atoms with van der Waals surface area (Å²) in [5, 5.41) is 0.688. The molecule has 1 aliphatic rings. The van der Waals surface area contributed by atoms with Crippen LogP contribution in [-0.4, -0.2) is 34.4 Å². The number of hydrogen-bond donors (Lipinski definition) is 0. The zero-order valence-corrected chi connectivity index (χ0v) is 15.1. The van der Waals surface area contributed by atoms with Gasteiger partial charge in [0.1, 0.15) is 5.88 Å². The van der Waals surface area contributed by atoms with Gasteiger partial charge in [-0.1, -0.05) is 11.6 Å². The predicted octanol–water partition coefficient (Wildman–Crippen LogP) is 4.81. The molecule has 2 rings (SSSR count). The normalized spacial score (nSPS) is 16.5. The molecule has 1 aliphatic heterocycles. The van der Waals surface area contributed by atoms with E-state index in [1.807, 2.05) is 53.5 Å². The van der Waals surface area contributed by atoms with Crippen LogP contribution in [0.15, 0.2) is 18.2 Å². The highest BCUT2D eigenvalue weighted by Gasteiger charge is 2.23. The summed E-state index contributed by atoms with van der Waals surface area (Å²) >= 11 is 15.7. The van der Waals surface area contributed by atoms with Crippen LogP contribution in [0.3, 0.4) is 0 Å². The summed E-state index contributed by atoms with van der Waals surface area (Å²) in [7, 11) is 0. The Bertz CT molecular complexity index is 491. The molecule has 1 saturated heterocycles. The Hall–Kier alpha value is -0.0300. The van der Waals surface area contributed by atoms with Crippen molar-refractivity contribution >= 4 is 58.3 Å². The molecule has 0 spiro atoms. The van der Waals surface area contributed by atoms with Gasteiger partial charge in [0.25, 0.3) is 0 Å². The van der Waals surface area contributed by atoms with Crippen molar-refractivity contribution < 1.29 is 4.79 Å². The SMILES string of the molecule is Cc1cc(Cl)ccc1N(CC1SCCCCS1)C(=O)CCl. The van der Waals surface area contributed by atoms with Crippen LogP contribution in [0.5, 0.6) is 0 Å². The van der Waals surface area contributed by atoms with Crippen LogP contribution in [0.1, 0.15) is 18.4 Å². The molecule has 0 radical (unpaired) electrons. The molecule has 6 heteroatoms. The summed E-state index contributed by atoms with van der Waals surface area (Å²) in [6.45, 7) is 2.67. The number of halogens is 2. The first-order chi connectivity index (χ1) is 10.1. The predicted molar refractivity (Wildman–Crippen MR) is 97.2 cm³/mol. The third-order valence-corrected chi connectivity index (χ3v) is 6.71. The maximum absolute atomic E-state index is 12.3. The van der Waals surface area contributed by atoms with Crippen LogP contribution in [-0.2, 0) is 4.79 Å². The van der Waals surface area contributed by atoms with E-state index in [1.54, 1.807) is 0 Å². The average molecular weight is 364 g/mol. The fourth-order valence-corrected chi connectivity index (χ4v) is 5.37. The monoisotopic (exact) mass is 363 g/mol. The lowest BCUT2D eigenvalue weighted by Crippen LogP contribution is -2.37. The fraction of sp³-hybridized carbons (Fsp3) is 0.533. The van der Waals surface area contributed by atoms with Crippen LogP contribution in [0.25, 0.3) is 0 Å². The van der Waals surface area contributed by atoms with Gasteiger partial charge in [-0.15, -0.1) is 35.1 Å². The second-order valence-corrected chi connectivity index (χ2v) is 8.57. The number of amides is 1. The Balaban J connectivity index is 2.19. The first-order valence-electron chi connectivity index (χ1n) is 6.97. The van der Waals surface area contributed by atoms with Gasteiger partial charge < -0.3 is 4.90 Å². The number of hydrogen-bond acceptors (Lipinski definition) is 3. The highest BCUT2D eigenvalue weighted by atomic mass is 35.5. The van der Waals surface area contributed by atoms with Gasteiger partial charge in [-0.3, -0.25) is 4.79 Å². The summed E-state index contributed by atoms with van der Waals surface area (Å²) in [4.78, 5) is 14.1. The summed E-state index contributed by atoms with van der Waals surface area (Å²) in [6, 6.07) is 5.62. The Morgan fingerprint density at radius 3 is 2.57 bits per heavy atom. The third-order valence-electron chi connectivity index (χ3n) is 3.34. The van der Waals surface area contributed by atoms with Gasteiger partial charge in [-0.2, -0.15) is 0 Å². The summed E-state index contributed by atoms with van der Waals surface area (Å²) in [5.41, 5.74) is 1.92. The molecular formula is C15H19Cl2NOS2. The molecule has 21 heavy (non-hydrogen) atoms. The van der Waals surface area contributed by atoms with E-state index in [-0.39, 0.29) is 11.8 Å². The van der Waals surface area contributed by atoms with Crippen molar-refractivity contribution in [3.63, 3.8) is 0 Å². The lowest BCUT2D eigenvalue weighted by atomic mass is 10.2. The first-order valence-corrected chi connectivity index (χ1v) is 9.98. The first kappa shape index (κ1) is 17.3. The maximum atomic E-state index is 12.3. The number of thioether (sulfide) groups is 2. The summed E-state index contributed by atoms with van der Waals surface area (Å²) in [6.07, 6.45) is 2.52. The molecule has 1 aromatic carbocycles. The molecule has 0 saturated carbocycles. The number of nitrogens with zero attached hydrogens (tertiary/aromatic N) is 1. The third kappa shape index (κ3) is 4.98. The second kappa shape index (κ2) is 8.56. The molecule has 1 heterocycles. The van der Waals surface area contributed by atoms with E-state index in [1.165, 1.54) is 24.3 Å². The molecule has 0 aromatic heterocycles. The molecule has 0 aliphatic carbocycles. The molecule has 116 valence electrons. The summed E-state index contributed by atoms with van der Waals surface area (Å²) in [5.74, 6) is 2.29. The van der Waals surface area contributed by atoms with E-state index < -0.39 is 0 Å². The van der Waals surface area contributed by atoms with Crippen LogP contribution in [0.2, 0.25) is 5.02 Å². The van der Waals surface area contributed by atoms with E-state index in [4.69, 9.17) is 23.2 Å². The van der Waals surface area contributed by atoms with E-state index in [9.17, 15) is 4.79 Å². The van der Waals surface area contributed by atoms with Crippen molar-refractivity contribution in [2.75, 3.05) is 28.8 Å². The minimum absolute atomic E-state index is 0.00409. The average Bonchev–Trinajstić information content (AvgIpc) is 2.73. The Morgan fingerprint density at radius 1 is 1.33 bits per heavy atom. The number of aryl methyl sites for hydroxylation is 1. The minimum atomic E-state index is -0.0486. The number of benzene rings is 1. The highest BCUT2D eigenvalue weighted by molar-refractivity contribution is 8.17. The summed E-state index contributed by atoms with van der Waals surface area (Å²) < 4.78 is 0.412. The maximum Gasteiger partial charge on any atom is 0.241 e. The van der Waals surface area contributed by atoms with Crippen molar-refractivity contribution in [2.24, 2.45) is 0 Å². The Labute approximate surface area is 144 Å². The largest absolute Gasteiger partial charge is 0.309 e. The smallest absolute Gasteiger partial charge is 0.241 e. The number of carbonyl (C=O) groups is 1. The topological polar surface area (TPSA) is 20.3 Å². The van der Waals surface area contributed by atoms with Gasteiger partial charge in [0, 0.05) is 17.3 Å². The molecule has 0 bridgehead atoms. The molecule has 2 nitrogen and oxygen atoms in total. The molecule has 1 aromatic rings. The quantitative estimate of drug-likeness (QED) is 0.716. The number of alkyl halides is 1. The standard InChI is InChI=1S/C15H19Cl2NOS2/c1-11-8-12(17)4-5-13(11)18(14(19)9-16)10-15-20-6-2-3-7-21-15/h4-5,8,15H,2-3,6-7,9-10H2,1H3. The lowest BCUT2D eigenvalue weighted by Gasteiger charge is -2.27. The van der Waals surface area contributed by atoms with E-state index in [2.05, 4.69) is 0 Å². The van der Waals surface area contributed by atoms with Crippen LogP contribution < -0.4 is 4.90 Å². The Morgan fingerprint density at radius 2 is 2.00 bits per heavy atom. The number of rotatable bonds is 4. The van der Waals surface area contributed by atoms with Gasteiger partial charge in [0.05, 0.1) is 4.58 Å². The molecule has 0 N–H and O–H groups in total. The van der Waals surface area contributed by atoms with E-state index in [0.29, 0.717) is 16.1 Å². The van der Waals surface area contributed by atoms with Crippen LogP contribution >= 0.6 is 46.7 Å². The Kier molecular flexibility index (Phi) is 7.06. The van der Waals surface area contributed by atoms with Crippen molar-refractivity contribution in [3.8, 4) is 0 Å². The fourth-order valence-electron chi connectivity index (χ4n) is 2.26. The van der Waals surface area contributed by atoms with Gasteiger partial charge >= 0.3 is 0 Å². The van der Waals surface area contributed by atoms with Gasteiger partial charge in [-0.25, -0.2) is 0 Å². The van der Waals surface area contributed by atoms with Crippen LogP contribution in [0, 0.1) is 6.92 Å². The highest BCUT2D eigenvalue weighted by Crippen LogP contribution is 2.32. The molecule has 0 atom stereocenters. The minimum Gasteiger partial charge on any atom is -0.309 e. The van der Waals surface area contributed by atoms with Crippen LogP contribution in [0.4, 0.5) is 5.69 Å². The van der Waals surface area contributed by atoms with E-state index in [0.717, 1.165) is 11.3 Å². The van der Waals surface area contributed by atoms with Crippen molar-refractivity contribution in [3.05, 3.63) is 28.8 Å². The van der Waals surface area contributed by atoms with Crippen molar-refractivity contribution in [2.45, 2.75) is 24.3 Å². The van der Waals surface area contributed by atoms with Gasteiger partial charge in [-0.05, 0) is 55.0 Å². The van der Waals surface area contributed by atoms with Gasteiger partial charge in [0.15, 0.2) is 0 Å². The zero-order chi connectivity index (χ0) is 15.2. The number of anilines is 1. The van der Waals surface area contributed by atoms with Gasteiger partial charge in [0.2, 0.25) is 5.91 Å². The number of carbonyl (C=O) groups excluding carboxylic acids is 1. The molecule has 1 fully saturated rings. The molecular weight excluding hydrogens is 345 g/mol.